The molecule has 8 heteroatoms. The van der Waals surface area contributed by atoms with Gasteiger partial charge < -0.3 is 19.5 Å². The van der Waals surface area contributed by atoms with Gasteiger partial charge in [-0.2, -0.15) is 0 Å². The maximum absolute atomic E-state index is 12.3. The predicted octanol–water partition coefficient (Wildman–Crippen LogP) is 1.56. The third kappa shape index (κ3) is 7.66. The first-order chi connectivity index (χ1) is 14.6. The predicted molar refractivity (Wildman–Crippen MR) is 115 cm³/mol. The number of ether oxygens (including phenoxy) is 1. The first-order valence-electron chi connectivity index (χ1n) is 9.51. The van der Waals surface area contributed by atoms with E-state index < -0.39 is 12.2 Å². The van der Waals surface area contributed by atoms with E-state index in [1.54, 1.807) is 13.8 Å². The molecule has 2 N–H and O–H groups in total. The van der Waals surface area contributed by atoms with Crippen LogP contribution in [0.25, 0.3) is 0 Å². The summed E-state index contributed by atoms with van der Waals surface area (Å²) in [5, 5.41) is 6.55. The summed E-state index contributed by atoms with van der Waals surface area (Å²) in [4.78, 5) is 22.7. The van der Waals surface area contributed by atoms with Crippen molar-refractivity contribution in [3.63, 3.8) is 0 Å². The van der Waals surface area contributed by atoms with Crippen molar-refractivity contribution in [1.82, 2.24) is 5.16 Å². The number of carbonyl (C=O) groups is 1. The van der Waals surface area contributed by atoms with Crippen LogP contribution in [0.1, 0.15) is 47.6 Å². The molecule has 0 saturated carbocycles. The van der Waals surface area contributed by atoms with Gasteiger partial charge in [-0.05, 0) is 37.5 Å². The Morgan fingerprint density at radius 1 is 1.16 bits per heavy atom. The molecule has 3 rings (SSSR count). The minimum Gasteiger partial charge on any atom is -0.870 e. The maximum atomic E-state index is 12.3. The second kappa shape index (κ2) is 13.5. The Kier molecular flexibility index (Phi) is 11.5. The van der Waals surface area contributed by atoms with Crippen molar-refractivity contribution in [2.24, 2.45) is 0 Å². The van der Waals surface area contributed by atoms with Crippen LogP contribution in [0.15, 0.2) is 59.1 Å². The fourth-order valence-corrected chi connectivity index (χ4v) is 2.77. The summed E-state index contributed by atoms with van der Waals surface area (Å²) in [6.07, 6.45) is 1.88. The van der Waals surface area contributed by atoms with Crippen LogP contribution in [-0.4, -0.2) is 23.0 Å². The number of nitrogens with one attached hydrogen (secondary N) is 1. The average Bonchev–Trinajstić information content (AvgIpc) is 3.11. The Morgan fingerprint density at radius 3 is 2.50 bits per heavy atom. The average molecular weight is 441 g/mol. The second-order valence-electron chi connectivity index (χ2n) is 6.65. The van der Waals surface area contributed by atoms with E-state index in [9.17, 15) is 9.59 Å². The number of aromatic nitrogens is 1. The molecule has 1 amide bonds. The number of nitrogens with zero attached hydrogens (tertiary/aromatic N) is 1. The minimum absolute atomic E-state index is 0. The topological polar surface area (TPSA) is 111 Å². The molecule has 0 aliphatic carbocycles. The van der Waals surface area contributed by atoms with Gasteiger partial charge >= 0.3 is 35.7 Å². The number of benzene rings is 2. The monoisotopic (exact) mass is 441 g/mol. The third-order valence-electron chi connectivity index (χ3n) is 4.43. The normalized spacial score (nSPS) is 10.4. The van der Waals surface area contributed by atoms with Gasteiger partial charge in [0.05, 0.1) is 0 Å². The first kappa shape index (κ1) is 27.1. The molecule has 1 aromatic heterocycles. The van der Waals surface area contributed by atoms with Gasteiger partial charge in [-0.3, -0.25) is 11.6 Å². The molecule has 0 aliphatic heterocycles. The van der Waals surface area contributed by atoms with Crippen molar-refractivity contribution in [3.05, 3.63) is 82.7 Å². The Hall–Kier alpha value is -2.89. The van der Waals surface area contributed by atoms with Crippen LogP contribution < -0.4 is 34.9 Å². The number of rotatable bonds is 6. The van der Waals surface area contributed by atoms with E-state index in [1.807, 2.05) is 60.9 Å². The zero-order valence-electron chi connectivity index (χ0n) is 18.2. The number of hydrogen-bond donors (Lipinski definition) is 1. The van der Waals surface area contributed by atoms with Crippen LogP contribution in [0.4, 0.5) is 10.5 Å². The molecule has 0 radical (unpaired) electrons. The number of aryl methyl sites for hydroxylation is 2. The van der Waals surface area contributed by atoms with Crippen molar-refractivity contribution in [3.8, 4) is 11.8 Å². The van der Waals surface area contributed by atoms with Crippen LogP contribution >= 0.6 is 0 Å². The molecule has 32 heavy (non-hydrogen) atoms. The number of anilines is 1. The third-order valence-corrected chi connectivity index (χ3v) is 4.43. The summed E-state index contributed by atoms with van der Waals surface area (Å²) in [5.74, 6) is 6.12. The number of amides is 1. The Balaban J connectivity index is 0.00000256. The summed E-state index contributed by atoms with van der Waals surface area (Å²) in [6.45, 7) is 3.51. The molecule has 0 fully saturated rings. The van der Waals surface area contributed by atoms with Gasteiger partial charge in [-0.15, -0.1) is 6.42 Å². The maximum Gasteiger partial charge on any atom is 1.00 e. The van der Waals surface area contributed by atoms with E-state index >= 15 is 0 Å². The molecule has 0 aliphatic rings. The molecular formula is C24H22N2NaO5-. The fourth-order valence-electron chi connectivity index (χ4n) is 2.77. The summed E-state index contributed by atoms with van der Waals surface area (Å²) in [5.41, 5.74) is 3.59. The molecule has 3 aromatic rings. The summed E-state index contributed by atoms with van der Waals surface area (Å²) >= 11 is 0. The standard InChI is InChI=1S/C24H21N2O4.Na.H2O/c1-17-23(25-24(28)29-18(2)21-8-4-3-5-9-21)22(30-26-17)15-14-20-12-10-19(11-13-20)7-6-16-27;;/h3-5,8-13,18H,6-7H2,1-2H3,(H,25,28);;1H2/q-1;+1;/p-1/t18-;;/m1../s1. The second-order valence-corrected chi connectivity index (χ2v) is 6.65. The van der Waals surface area contributed by atoms with Crippen LogP contribution in [0, 0.1) is 18.8 Å². The van der Waals surface area contributed by atoms with Crippen LogP contribution in [0.2, 0.25) is 0 Å². The van der Waals surface area contributed by atoms with E-state index in [0.29, 0.717) is 24.2 Å². The van der Waals surface area contributed by atoms with Crippen molar-refractivity contribution in [2.45, 2.75) is 32.8 Å². The molecule has 2 aromatic carbocycles. The molecular weight excluding hydrogens is 419 g/mol. The van der Waals surface area contributed by atoms with Crippen molar-refractivity contribution in [1.29, 1.82) is 0 Å². The minimum atomic E-state index is -0.614. The molecule has 0 spiro atoms. The van der Waals surface area contributed by atoms with E-state index in [1.165, 1.54) is 0 Å². The van der Waals surface area contributed by atoms with Gasteiger partial charge in [0.1, 0.15) is 17.5 Å². The smallest absolute Gasteiger partial charge is 0.870 e. The molecule has 1 atom stereocenters. The Bertz CT molecular complexity index is 1070. The Labute approximate surface area is 209 Å². The van der Waals surface area contributed by atoms with E-state index in [-0.39, 0.29) is 40.8 Å². The van der Waals surface area contributed by atoms with E-state index in [4.69, 9.17) is 9.26 Å². The van der Waals surface area contributed by atoms with Crippen molar-refractivity contribution >= 4 is 18.1 Å². The molecule has 1 heterocycles. The number of hydrogen-bond acceptors (Lipinski definition) is 6. The van der Waals surface area contributed by atoms with Crippen LogP contribution in [0.3, 0.4) is 0 Å². The SMILES string of the molecule is Cc1noc(C#Cc2ccc(CC[C-]=O)cc2)c1NC(=O)O[C@H](C)c1ccccc1.[Na+].[OH-]. The largest absolute Gasteiger partial charge is 1.00 e. The first-order valence-corrected chi connectivity index (χ1v) is 9.51. The van der Waals surface area contributed by atoms with Gasteiger partial charge in [-0.25, -0.2) is 4.79 Å². The summed E-state index contributed by atoms with van der Waals surface area (Å²) in [7, 11) is 0. The van der Waals surface area contributed by atoms with E-state index in [2.05, 4.69) is 22.3 Å². The zero-order chi connectivity index (χ0) is 21.3. The van der Waals surface area contributed by atoms with E-state index in [0.717, 1.165) is 16.7 Å². The molecule has 0 unspecified atom stereocenters. The van der Waals surface area contributed by atoms with Gasteiger partial charge in [0, 0.05) is 5.56 Å². The van der Waals surface area contributed by atoms with Gasteiger partial charge in [-0.1, -0.05) is 65.5 Å². The quantitative estimate of drug-likeness (QED) is 0.353. The van der Waals surface area contributed by atoms with Crippen molar-refractivity contribution in [2.75, 3.05) is 5.32 Å². The molecule has 0 saturated heterocycles. The summed E-state index contributed by atoms with van der Waals surface area (Å²) < 4.78 is 10.7. The van der Waals surface area contributed by atoms with Crippen molar-refractivity contribution < 1.29 is 53.9 Å². The zero-order valence-corrected chi connectivity index (χ0v) is 20.2. The number of carbonyl (C=O) groups excluding carboxylic acids is 2. The van der Waals surface area contributed by atoms with Crippen LogP contribution in [0.5, 0.6) is 0 Å². The van der Waals surface area contributed by atoms with Gasteiger partial charge in [0.2, 0.25) is 5.76 Å². The molecule has 160 valence electrons. The van der Waals surface area contributed by atoms with Gasteiger partial charge in [0.15, 0.2) is 0 Å². The Morgan fingerprint density at radius 2 is 1.84 bits per heavy atom. The molecule has 0 bridgehead atoms. The van der Waals surface area contributed by atoms with Crippen LogP contribution in [-0.2, 0) is 16.0 Å². The molecule has 7 nitrogen and oxygen atoms in total. The fraction of sp³-hybridized carbons (Fsp3) is 0.208. The van der Waals surface area contributed by atoms with Gasteiger partial charge in [0.25, 0.3) is 0 Å². The summed E-state index contributed by atoms with van der Waals surface area (Å²) in [6, 6.07) is 17.0.